The van der Waals surface area contributed by atoms with E-state index < -0.39 is 15.9 Å². The second kappa shape index (κ2) is 3.71. The van der Waals surface area contributed by atoms with Gasteiger partial charge in [-0.25, -0.2) is 0 Å². The van der Waals surface area contributed by atoms with Gasteiger partial charge in [-0.15, -0.1) is 3.82 Å². The summed E-state index contributed by atoms with van der Waals surface area (Å²) in [4.78, 5) is 12.0. The van der Waals surface area contributed by atoms with E-state index in [1.54, 1.807) is 6.07 Å². The molecule has 1 aliphatic heterocycles. The van der Waals surface area contributed by atoms with Gasteiger partial charge in [0.1, 0.15) is 4.90 Å². The lowest BCUT2D eigenvalue weighted by molar-refractivity contribution is 0.0927. The molecule has 4 nitrogen and oxygen atoms in total. The van der Waals surface area contributed by atoms with Crippen molar-refractivity contribution in [3.8, 4) is 0 Å². The molecule has 6 heteroatoms. The number of rotatable bonds is 0. The minimum absolute atomic E-state index is 0.00183. The molecule has 0 spiro atoms. The van der Waals surface area contributed by atoms with Crippen LogP contribution in [0.2, 0.25) is 0 Å². The average Bonchev–Trinajstić information content (AvgIpc) is 2.38. The smallest absolute Gasteiger partial charge is 0.267 e. The fourth-order valence-electron chi connectivity index (χ4n) is 2.36. The minimum Gasteiger partial charge on any atom is -0.267 e. The first-order chi connectivity index (χ1) is 8.08. The number of hydrogen-bond donors (Lipinski definition) is 0. The first-order valence-corrected chi connectivity index (χ1v) is 7.26. The van der Waals surface area contributed by atoms with Gasteiger partial charge in [0.05, 0.1) is 5.56 Å². The van der Waals surface area contributed by atoms with Gasteiger partial charge in [-0.1, -0.05) is 26.8 Å². The Labute approximate surface area is 112 Å². The summed E-state index contributed by atoms with van der Waals surface area (Å²) < 4.78 is 24.2. The Morgan fingerprint density at radius 1 is 1.22 bits per heavy atom. The lowest BCUT2D eigenvalue weighted by Crippen LogP contribution is -2.21. The van der Waals surface area contributed by atoms with Crippen LogP contribution in [-0.2, 0) is 15.4 Å². The molecular formula is C12H14ClNO3S. The molecule has 0 fully saturated rings. The topological polar surface area (TPSA) is 54.5 Å². The molecule has 2 rings (SSSR count). The number of carbonyl (C=O) groups excluding carboxylic acids is 1. The molecule has 0 saturated carbocycles. The predicted molar refractivity (Wildman–Crippen MR) is 69.1 cm³/mol. The number of sulfonamides is 1. The molecule has 0 radical (unpaired) electrons. The fourth-order valence-corrected chi connectivity index (χ4v) is 3.84. The first-order valence-electron chi connectivity index (χ1n) is 5.48. The van der Waals surface area contributed by atoms with Crippen molar-refractivity contribution in [2.75, 3.05) is 0 Å². The van der Waals surface area contributed by atoms with E-state index in [2.05, 4.69) is 0 Å². The van der Waals surface area contributed by atoms with Crippen molar-refractivity contribution in [1.82, 2.24) is 3.82 Å². The van der Waals surface area contributed by atoms with Gasteiger partial charge < -0.3 is 0 Å². The second-order valence-electron chi connectivity index (χ2n) is 5.41. The number of carbonyl (C=O) groups is 1. The fraction of sp³-hybridized carbons (Fsp3) is 0.417. The maximum atomic E-state index is 12.0. The zero-order valence-electron chi connectivity index (χ0n) is 10.6. The third-order valence-electron chi connectivity index (χ3n) is 2.99. The molecule has 1 aliphatic rings. The number of aryl methyl sites for hydroxylation is 1. The number of halogens is 1. The van der Waals surface area contributed by atoms with Gasteiger partial charge >= 0.3 is 0 Å². The van der Waals surface area contributed by atoms with Gasteiger partial charge in [0.15, 0.2) is 0 Å². The normalized spacial score (nSPS) is 18.1. The van der Waals surface area contributed by atoms with Gasteiger partial charge in [0, 0.05) is 11.8 Å². The molecule has 0 bridgehead atoms. The first kappa shape index (κ1) is 13.4. The Balaban J connectivity index is 2.92. The largest absolute Gasteiger partial charge is 0.284 e. The van der Waals surface area contributed by atoms with Crippen molar-refractivity contribution in [3.63, 3.8) is 0 Å². The van der Waals surface area contributed by atoms with Crippen molar-refractivity contribution in [1.29, 1.82) is 0 Å². The van der Waals surface area contributed by atoms with Crippen LogP contribution in [0.25, 0.3) is 0 Å². The van der Waals surface area contributed by atoms with Crippen LogP contribution in [0.5, 0.6) is 0 Å². The van der Waals surface area contributed by atoms with E-state index in [4.69, 9.17) is 11.8 Å². The van der Waals surface area contributed by atoms with E-state index in [0.29, 0.717) is 3.82 Å². The van der Waals surface area contributed by atoms with Crippen LogP contribution >= 0.6 is 11.8 Å². The molecule has 1 heterocycles. The Kier molecular flexibility index (Phi) is 2.76. The number of amides is 1. The summed E-state index contributed by atoms with van der Waals surface area (Å²) >= 11 is 5.59. The van der Waals surface area contributed by atoms with Crippen molar-refractivity contribution in [3.05, 3.63) is 28.8 Å². The molecule has 0 atom stereocenters. The quantitative estimate of drug-likeness (QED) is 0.689. The molecule has 0 saturated heterocycles. The summed E-state index contributed by atoms with van der Waals surface area (Å²) in [5, 5.41) is 0. The van der Waals surface area contributed by atoms with Crippen molar-refractivity contribution in [2.45, 2.75) is 38.0 Å². The monoisotopic (exact) mass is 287 g/mol. The predicted octanol–water partition coefficient (Wildman–Crippen LogP) is 2.59. The SMILES string of the molecule is Cc1ccc2c(c1C(C)(C)C)C(=O)N(Cl)S2(=O)=O. The van der Waals surface area contributed by atoms with Crippen LogP contribution in [0.15, 0.2) is 17.0 Å². The highest BCUT2D eigenvalue weighted by Gasteiger charge is 2.44. The maximum Gasteiger partial charge on any atom is 0.284 e. The zero-order valence-corrected chi connectivity index (χ0v) is 12.2. The van der Waals surface area contributed by atoms with Crippen molar-refractivity contribution >= 4 is 27.7 Å². The molecule has 0 aliphatic carbocycles. The van der Waals surface area contributed by atoms with Crippen LogP contribution in [0.3, 0.4) is 0 Å². The Morgan fingerprint density at radius 2 is 1.78 bits per heavy atom. The van der Waals surface area contributed by atoms with Crippen LogP contribution in [0.1, 0.15) is 42.3 Å². The Hall–Kier alpha value is -1.07. The summed E-state index contributed by atoms with van der Waals surface area (Å²) in [6.45, 7) is 7.67. The number of benzene rings is 1. The molecular weight excluding hydrogens is 274 g/mol. The van der Waals surface area contributed by atoms with E-state index >= 15 is 0 Å². The summed E-state index contributed by atoms with van der Waals surface area (Å²) in [6, 6.07) is 3.15. The highest BCUT2D eigenvalue weighted by molar-refractivity contribution is 7.91. The lowest BCUT2D eigenvalue weighted by Gasteiger charge is -2.23. The molecule has 0 unspecified atom stereocenters. The van der Waals surface area contributed by atoms with Gasteiger partial charge in [-0.3, -0.25) is 4.79 Å². The van der Waals surface area contributed by atoms with E-state index in [1.165, 1.54) is 6.07 Å². The van der Waals surface area contributed by atoms with E-state index in [1.807, 2.05) is 27.7 Å². The average molecular weight is 288 g/mol. The third kappa shape index (κ3) is 1.65. The number of nitrogens with zero attached hydrogens (tertiary/aromatic N) is 1. The molecule has 0 N–H and O–H groups in total. The molecule has 1 aromatic carbocycles. The van der Waals surface area contributed by atoms with Gasteiger partial charge in [-0.05, 0) is 29.5 Å². The summed E-state index contributed by atoms with van der Waals surface area (Å²) in [7, 11) is -3.88. The van der Waals surface area contributed by atoms with Crippen LogP contribution in [0.4, 0.5) is 0 Å². The number of hydrogen-bond acceptors (Lipinski definition) is 3. The van der Waals surface area contributed by atoms with Crippen LogP contribution in [-0.4, -0.2) is 18.1 Å². The third-order valence-corrected chi connectivity index (χ3v) is 5.17. The van der Waals surface area contributed by atoms with Crippen molar-refractivity contribution < 1.29 is 13.2 Å². The number of fused-ring (bicyclic) bond motifs is 1. The second-order valence-corrected chi connectivity index (χ2v) is 7.70. The molecule has 98 valence electrons. The highest BCUT2D eigenvalue weighted by Crippen LogP contribution is 2.39. The standard InChI is InChI=1S/C12H14ClNO3S/c1-7-5-6-8-9(10(7)12(2,3)4)11(15)14(13)18(8,16)17/h5-6H,1-4H3. The Bertz CT molecular complexity index is 644. The van der Waals surface area contributed by atoms with Gasteiger partial charge in [-0.2, -0.15) is 8.42 Å². The lowest BCUT2D eigenvalue weighted by atomic mass is 9.81. The molecule has 1 amide bonds. The highest BCUT2D eigenvalue weighted by atomic mass is 35.5. The maximum absolute atomic E-state index is 12.0. The Morgan fingerprint density at radius 3 is 2.28 bits per heavy atom. The summed E-state index contributed by atoms with van der Waals surface area (Å²) in [5.74, 6) is -0.666. The van der Waals surface area contributed by atoms with Crippen LogP contribution < -0.4 is 0 Å². The van der Waals surface area contributed by atoms with E-state index in [-0.39, 0.29) is 15.9 Å². The summed E-state index contributed by atoms with van der Waals surface area (Å²) in [5.41, 5.74) is 1.49. The van der Waals surface area contributed by atoms with Gasteiger partial charge in [0.2, 0.25) is 0 Å². The van der Waals surface area contributed by atoms with Crippen molar-refractivity contribution in [2.24, 2.45) is 0 Å². The zero-order chi connectivity index (χ0) is 13.9. The molecule has 18 heavy (non-hydrogen) atoms. The summed E-state index contributed by atoms with van der Waals surface area (Å²) in [6.07, 6.45) is 0. The van der Waals surface area contributed by atoms with E-state index in [9.17, 15) is 13.2 Å². The molecule has 0 aromatic heterocycles. The van der Waals surface area contributed by atoms with Crippen LogP contribution in [0, 0.1) is 6.92 Å². The molecule has 1 aromatic rings. The van der Waals surface area contributed by atoms with Gasteiger partial charge in [0.25, 0.3) is 15.9 Å². The minimum atomic E-state index is -3.88. The van der Waals surface area contributed by atoms with E-state index in [0.717, 1.165) is 11.1 Å².